The lowest BCUT2D eigenvalue weighted by Gasteiger charge is -2.12. The van der Waals surface area contributed by atoms with E-state index in [1.807, 2.05) is 6.92 Å². The van der Waals surface area contributed by atoms with Crippen molar-refractivity contribution in [2.24, 2.45) is 0 Å². The lowest BCUT2D eigenvalue weighted by molar-refractivity contribution is 0.541. The SMILES string of the molecule is CCCCCCCCCCCCCCCNc1ccc(S(=O)(=O)Nc2ccc(NS(=O)(=O)c3ccc(C)cc3)cc2)cc1. The predicted molar refractivity (Wildman–Crippen MR) is 180 cm³/mol. The Labute approximate surface area is 260 Å². The van der Waals surface area contributed by atoms with Crippen LogP contribution in [0, 0.1) is 6.92 Å². The van der Waals surface area contributed by atoms with Crippen LogP contribution in [-0.4, -0.2) is 23.4 Å². The normalized spacial score (nSPS) is 11.8. The minimum absolute atomic E-state index is 0.156. The second-order valence-electron chi connectivity index (χ2n) is 11.3. The maximum absolute atomic E-state index is 12.9. The molecule has 3 rings (SSSR count). The van der Waals surface area contributed by atoms with Gasteiger partial charge in [0.15, 0.2) is 0 Å². The molecular formula is C34H49N3O4S2. The molecular weight excluding hydrogens is 579 g/mol. The summed E-state index contributed by atoms with van der Waals surface area (Å²) in [4.78, 5) is 0.313. The highest BCUT2D eigenvalue weighted by molar-refractivity contribution is 7.93. The van der Waals surface area contributed by atoms with Crippen LogP contribution in [0.15, 0.2) is 82.6 Å². The molecule has 0 aliphatic rings. The molecule has 0 aliphatic carbocycles. The summed E-state index contributed by atoms with van der Waals surface area (Å²) in [6.45, 7) is 5.01. The molecule has 9 heteroatoms. The van der Waals surface area contributed by atoms with Gasteiger partial charge in [0.1, 0.15) is 0 Å². The van der Waals surface area contributed by atoms with Gasteiger partial charge >= 0.3 is 0 Å². The zero-order chi connectivity index (χ0) is 31.0. The van der Waals surface area contributed by atoms with Crippen molar-refractivity contribution >= 4 is 37.1 Å². The van der Waals surface area contributed by atoms with Gasteiger partial charge in [-0.1, -0.05) is 102 Å². The van der Waals surface area contributed by atoms with Gasteiger partial charge in [-0.05, 0) is 74.0 Å². The van der Waals surface area contributed by atoms with Crippen molar-refractivity contribution in [3.63, 3.8) is 0 Å². The summed E-state index contributed by atoms with van der Waals surface area (Å²) in [5, 5.41) is 3.38. The first-order valence-corrected chi connectivity index (χ1v) is 18.7. The summed E-state index contributed by atoms with van der Waals surface area (Å²) in [5.41, 5.74) is 2.53. The molecule has 0 atom stereocenters. The highest BCUT2D eigenvalue weighted by Gasteiger charge is 2.16. The Balaban J connectivity index is 1.34. The number of hydrogen-bond acceptors (Lipinski definition) is 5. The van der Waals surface area contributed by atoms with Crippen LogP contribution in [0.2, 0.25) is 0 Å². The summed E-state index contributed by atoms with van der Waals surface area (Å²) >= 11 is 0. The molecule has 7 nitrogen and oxygen atoms in total. The lowest BCUT2D eigenvalue weighted by Crippen LogP contribution is -2.14. The second-order valence-corrected chi connectivity index (χ2v) is 14.7. The maximum Gasteiger partial charge on any atom is 0.261 e. The third-order valence-electron chi connectivity index (χ3n) is 7.49. The molecule has 0 bridgehead atoms. The van der Waals surface area contributed by atoms with E-state index in [1.165, 1.54) is 101 Å². The van der Waals surface area contributed by atoms with Crippen LogP contribution < -0.4 is 14.8 Å². The summed E-state index contributed by atoms with van der Waals surface area (Å²) in [5.74, 6) is 0. The summed E-state index contributed by atoms with van der Waals surface area (Å²) in [7, 11) is -7.53. The van der Waals surface area contributed by atoms with Gasteiger partial charge in [0.25, 0.3) is 20.0 Å². The highest BCUT2D eigenvalue weighted by Crippen LogP contribution is 2.22. The molecule has 3 N–H and O–H groups in total. The Bertz CT molecular complexity index is 1420. The van der Waals surface area contributed by atoms with Gasteiger partial charge in [0.05, 0.1) is 9.79 Å². The van der Waals surface area contributed by atoms with Crippen LogP contribution in [0.5, 0.6) is 0 Å². The Hall–Kier alpha value is -3.04. The first kappa shape index (κ1) is 34.5. The van der Waals surface area contributed by atoms with Gasteiger partial charge in [0, 0.05) is 23.6 Å². The van der Waals surface area contributed by atoms with E-state index in [1.54, 1.807) is 48.5 Å². The minimum atomic E-state index is -3.79. The van der Waals surface area contributed by atoms with Gasteiger partial charge in [-0.3, -0.25) is 9.44 Å². The zero-order valence-corrected chi connectivity index (χ0v) is 27.4. The standard InChI is InChI=1S/C34H49N3O4S2/c1-3-4-5-6-7-8-9-10-11-12-13-14-15-28-35-30-22-26-34(27-23-30)43(40,41)37-32-20-18-31(19-21-32)36-42(38,39)33-24-16-29(2)17-25-33/h16-27,35-37H,3-15,28H2,1-2H3. The van der Waals surface area contributed by atoms with Gasteiger partial charge in [0.2, 0.25) is 0 Å². The van der Waals surface area contributed by atoms with Gasteiger partial charge in [-0.15, -0.1) is 0 Å². The van der Waals surface area contributed by atoms with E-state index in [4.69, 9.17) is 0 Å². The molecule has 0 spiro atoms. The second kappa shape index (κ2) is 17.9. The van der Waals surface area contributed by atoms with Crippen LogP contribution in [0.25, 0.3) is 0 Å². The molecule has 3 aromatic rings. The third-order valence-corrected chi connectivity index (χ3v) is 10.3. The Morgan fingerprint density at radius 2 is 0.814 bits per heavy atom. The predicted octanol–water partition coefficient (Wildman–Crippen LogP) is 9.10. The van der Waals surface area contributed by atoms with E-state index >= 15 is 0 Å². The molecule has 0 aliphatic heterocycles. The molecule has 43 heavy (non-hydrogen) atoms. The fourth-order valence-corrected chi connectivity index (χ4v) is 7.00. The van der Waals surface area contributed by atoms with Crippen LogP contribution in [0.4, 0.5) is 17.1 Å². The number of rotatable bonds is 21. The number of hydrogen-bond donors (Lipinski definition) is 3. The quantitative estimate of drug-likeness (QED) is 0.102. The van der Waals surface area contributed by atoms with Crippen molar-refractivity contribution in [1.82, 2.24) is 0 Å². The lowest BCUT2D eigenvalue weighted by atomic mass is 10.0. The zero-order valence-electron chi connectivity index (χ0n) is 25.8. The number of benzene rings is 3. The summed E-state index contributed by atoms with van der Waals surface area (Å²) in [6, 6.07) is 19.4. The maximum atomic E-state index is 12.9. The van der Waals surface area contributed by atoms with E-state index in [0.717, 1.165) is 24.2 Å². The molecule has 0 aromatic heterocycles. The molecule has 0 heterocycles. The Kier molecular flexibility index (Phi) is 14.4. The topological polar surface area (TPSA) is 104 Å². The van der Waals surface area contributed by atoms with Gasteiger partial charge in [-0.2, -0.15) is 0 Å². The van der Waals surface area contributed by atoms with Crippen molar-refractivity contribution in [3.8, 4) is 0 Å². The number of anilines is 3. The van der Waals surface area contributed by atoms with Gasteiger partial charge in [-0.25, -0.2) is 16.8 Å². The van der Waals surface area contributed by atoms with Crippen molar-refractivity contribution in [1.29, 1.82) is 0 Å². The van der Waals surface area contributed by atoms with Crippen molar-refractivity contribution in [2.75, 3.05) is 21.3 Å². The van der Waals surface area contributed by atoms with Crippen LogP contribution in [-0.2, 0) is 20.0 Å². The molecule has 236 valence electrons. The van der Waals surface area contributed by atoms with E-state index in [2.05, 4.69) is 21.7 Å². The van der Waals surface area contributed by atoms with Crippen molar-refractivity contribution < 1.29 is 16.8 Å². The number of aryl methyl sites for hydroxylation is 1. The van der Waals surface area contributed by atoms with Gasteiger partial charge < -0.3 is 5.32 Å². The molecule has 0 unspecified atom stereocenters. The molecule has 3 aromatic carbocycles. The summed E-state index contributed by atoms with van der Waals surface area (Å²) in [6.07, 6.45) is 17.2. The average Bonchev–Trinajstić information content (AvgIpc) is 2.98. The van der Waals surface area contributed by atoms with E-state index in [0.29, 0.717) is 11.4 Å². The number of sulfonamides is 2. The van der Waals surface area contributed by atoms with E-state index in [9.17, 15) is 16.8 Å². The highest BCUT2D eigenvalue weighted by atomic mass is 32.2. The fraction of sp³-hybridized carbons (Fsp3) is 0.471. The monoisotopic (exact) mass is 627 g/mol. The largest absolute Gasteiger partial charge is 0.385 e. The average molecular weight is 628 g/mol. The summed E-state index contributed by atoms with van der Waals surface area (Å²) < 4.78 is 56.1. The third kappa shape index (κ3) is 12.6. The first-order chi connectivity index (χ1) is 20.7. The van der Waals surface area contributed by atoms with E-state index < -0.39 is 20.0 Å². The number of unbranched alkanes of at least 4 members (excludes halogenated alkanes) is 12. The first-order valence-electron chi connectivity index (χ1n) is 15.8. The fourth-order valence-electron chi connectivity index (χ4n) is 4.88. The Morgan fingerprint density at radius 1 is 0.465 bits per heavy atom. The van der Waals surface area contributed by atoms with E-state index in [-0.39, 0.29) is 9.79 Å². The van der Waals surface area contributed by atoms with Crippen molar-refractivity contribution in [3.05, 3.63) is 78.4 Å². The smallest absolute Gasteiger partial charge is 0.261 e. The minimum Gasteiger partial charge on any atom is -0.385 e. The van der Waals surface area contributed by atoms with Crippen LogP contribution in [0.1, 0.15) is 96.0 Å². The molecule has 0 saturated carbocycles. The van der Waals surface area contributed by atoms with Crippen LogP contribution in [0.3, 0.4) is 0 Å². The molecule has 0 radical (unpaired) electrons. The molecule has 0 amide bonds. The van der Waals surface area contributed by atoms with Crippen molar-refractivity contribution in [2.45, 2.75) is 107 Å². The number of nitrogens with one attached hydrogen (secondary N) is 3. The molecule has 0 saturated heterocycles. The molecule has 0 fully saturated rings. The Morgan fingerprint density at radius 3 is 1.23 bits per heavy atom. The van der Waals surface area contributed by atoms with Crippen LogP contribution >= 0.6 is 0 Å².